The van der Waals surface area contributed by atoms with E-state index in [1.54, 1.807) is 0 Å². The lowest BCUT2D eigenvalue weighted by atomic mass is 10.1. The molecular formula is C20H23N3O2. The molecule has 0 aliphatic heterocycles. The molecule has 3 rings (SSSR count). The second-order valence-corrected chi connectivity index (χ2v) is 5.92. The summed E-state index contributed by atoms with van der Waals surface area (Å²) in [6.45, 7) is 5.25. The number of aryl methyl sites for hydroxylation is 1. The number of H-pyrrole nitrogens is 1. The van der Waals surface area contributed by atoms with Crippen LogP contribution in [0.5, 0.6) is 5.75 Å². The largest absolute Gasteiger partial charge is 0.493 e. The molecule has 0 aliphatic carbocycles. The summed E-state index contributed by atoms with van der Waals surface area (Å²) in [5.74, 6) is 0.725. The zero-order valence-corrected chi connectivity index (χ0v) is 14.7. The highest BCUT2D eigenvalue weighted by Crippen LogP contribution is 2.27. The van der Waals surface area contributed by atoms with Gasteiger partial charge in [-0.1, -0.05) is 31.5 Å². The Labute approximate surface area is 147 Å². The summed E-state index contributed by atoms with van der Waals surface area (Å²) in [7, 11) is 0. The van der Waals surface area contributed by atoms with E-state index in [-0.39, 0.29) is 5.56 Å². The number of benzene rings is 1. The summed E-state index contributed by atoms with van der Waals surface area (Å²) in [4.78, 5) is 19.8. The lowest BCUT2D eigenvalue weighted by Crippen LogP contribution is -2.14. The van der Waals surface area contributed by atoms with E-state index in [0.717, 1.165) is 29.8 Å². The number of para-hydroxylation sites is 1. The first-order valence-corrected chi connectivity index (χ1v) is 8.66. The van der Waals surface area contributed by atoms with E-state index in [2.05, 4.69) is 21.5 Å². The number of aromatic amines is 1. The molecule has 0 radical (unpaired) electrons. The Morgan fingerprint density at radius 1 is 1.12 bits per heavy atom. The van der Waals surface area contributed by atoms with Crippen molar-refractivity contribution in [3.8, 4) is 16.9 Å². The number of aromatic nitrogens is 3. The van der Waals surface area contributed by atoms with Crippen LogP contribution < -0.4 is 10.3 Å². The minimum absolute atomic E-state index is 0.109. The maximum Gasteiger partial charge on any atom is 0.256 e. The SMILES string of the molecule is CCCc1cncn1Cc1ccc(-c2ccccc2OCC)c(=O)[nH]1. The average molecular weight is 337 g/mol. The van der Waals surface area contributed by atoms with Gasteiger partial charge < -0.3 is 14.3 Å². The van der Waals surface area contributed by atoms with Crippen molar-refractivity contribution in [1.82, 2.24) is 14.5 Å². The smallest absolute Gasteiger partial charge is 0.256 e. The summed E-state index contributed by atoms with van der Waals surface area (Å²) in [6, 6.07) is 11.4. The van der Waals surface area contributed by atoms with Gasteiger partial charge in [0.2, 0.25) is 0 Å². The van der Waals surface area contributed by atoms with Crippen molar-refractivity contribution in [1.29, 1.82) is 0 Å². The fraction of sp³-hybridized carbons (Fsp3) is 0.300. The molecule has 0 aliphatic rings. The molecule has 0 amide bonds. The molecule has 25 heavy (non-hydrogen) atoms. The van der Waals surface area contributed by atoms with E-state index in [4.69, 9.17) is 4.74 Å². The standard InChI is InChI=1S/C20H23N3O2/c1-3-7-16-12-21-14-23(16)13-15-10-11-18(20(24)22-15)17-8-5-6-9-19(17)25-4-2/h5-6,8-12,14H,3-4,7,13H2,1-2H3,(H,22,24). The lowest BCUT2D eigenvalue weighted by Gasteiger charge is -2.11. The van der Waals surface area contributed by atoms with Gasteiger partial charge in [-0.15, -0.1) is 0 Å². The Morgan fingerprint density at radius 2 is 1.96 bits per heavy atom. The molecular weight excluding hydrogens is 314 g/mol. The Bertz CT molecular complexity index is 896. The number of nitrogens with one attached hydrogen (secondary N) is 1. The third-order valence-electron chi connectivity index (χ3n) is 4.09. The number of hydrogen-bond acceptors (Lipinski definition) is 3. The lowest BCUT2D eigenvalue weighted by molar-refractivity contribution is 0.341. The molecule has 0 saturated heterocycles. The highest BCUT2D eigenvalue weighted by Gasteiger charge is 2.10. The Balaban J connectivity index is 1.89. The van der Waals surface area contributed by atoms with E-state index in [1.807, 2.05) is 55.8 Å². The molecule has 1 N–H and O–H groups in total. The molecule has 1 aromatic carbocycles. The molecule has 3 aromatic rings. The molecule has 0 unspecified atom stereocenters. The van der Waals surface area contributed by atoms with Gasteiger partial charge in [0.1, 0.15) is 5.75 Å². The number of ether oxygens (including phenoxy) is 1. The second-order valence-electron chi connectivity index (χ2n) is 5.92. The van der Waals surface area contributed by atoms with Gasteiger partial charge >= 0.3 is 0 Å². The van der Waals surface area contributed by atoms with Gasteiger partial charge in [0.15, 0.2) is 0 Å². The molecule has 0 saturated carbocycles. The maximum absolute atomic E-state index is 12.6. The summed E-state index contributed by atoms with van der Waals surface area (Å²) in [6.07, 6.45) is 5.73. The van der Waals surface area contributed by atoms with Gasteiger partial charge in [0.25, 0.3) is 5.56 Å². The van der Waals surface area contributed by atoms with Crippen LogP contribution in [0.15, 0.2) is 53.7 Å². The second kappa shape index (κ2) is 7.83. The Hall–Kier alpha value is -2.82. The third kappa shape index (κ3) is 3.82. The van der Waals surface area contributed by atoms with E-state index in [9.17, 15) is 4.79 Å². The van der Waals surface area contributed by atoms with Crippen LogP contribution in [0.4, 0.5) is 0 Å². The van der Waals surface area contributed by atoms with Crippen molar-refractivity contribution in [2.45, 2.75) is 33.2 Å². The first-order chi connectivity index (χ1) is 12.2. The molecule has 0 fully saturated rings. The Kier molecular flexibility index (Phi) is 5.33. The normalized spacial score (nSPS) is 10.8. The molecule has 130 valence electrons. The molecule has 2 aromatic heterocycles. The van der Waals surface area contributed by atoms with Crippen LogP contribution in [0, 0.1) is 0 Å². The number of nitrogens with zero attached hydrogens (tertiary/aromatic N) is 2. The minimum Gasteiger partial charge on any atom is -0.493 e. The molecule has 0 atom stereocenters. The van der Waals surface area contributed by atoms with Gasteiger partial charge in [0, 0.05) is 23.1 Å². The number of imidazole rings is 1. The predicted octanol–water partition coefficient (Wildman–Crippen LogP) is 3.64. The van der Waals surface area contributed by atoms with Crippen molar-refractivity contribution >= 4 is 0 Å². The van der Waals surface area contributed by atoms with Crippen LogP contribution in [0.25, 0.3) is 11.1 Å². The van der Waals surface area contributed by atoms with Crippen molar-refractivity contribution in [3.63, 3.8) is 0 Å². The quantitative estimate of drug-likeness (QED) is 0.716. The van der Waals surface area contributed by atoms with Gasteiger partial charge in [-0.05, 0) is 31.5 Å². The minimum atomic E-state index is -0.109. The Morgan fingerprint density at radius 3 is 2.72 bits per heavy atom. The molecule has 2 heterocycles. The van der Waals surface area contributed by atoms with Gasteiger partial charge in [-0.3, -0.25) is 4.79 Å². The fourth-order valence-electron chi connectivity index (χ4n) is 2.93. The fourth-order valence-corrected chi connectivity index (χ4v) is 2.93. The summed E-state index contributed by atoms with van der Waals surface area (Å²) in [5, 5.41) is 0. The van der Waals surface area contributed by atoms with Gasteiger partial charge in [-0.2, -0.15) is 0 Å². The van der Waals surface area contributed by atoms with E-state index >= 15 is 0 Å². The third-order valence-corrected chi connectivity index (χ3v) is 4.09. The first-order valence-electron chi connectivity index (χ1n) is 8.66. The molecule has 0 bridgehead atoms. The topological polar surface area (TPSA) is 59.9 Å². The van der Waals surface area contributed by atoms with E-state index < -0.39 is 0 Å². The molecule has 0 spiro atoms. The van der Waals surface area contributed by atoms with Gasteiger partial charge in [0.05, 0.1) is 25.0 Å². The number of hydrogen-bond donors (Lipinski definition) is 1. The van der Waals surface area contributed by atoms with E-state index in [0.29, 0.717) is 18.7 Å². The zero-order valence-electron chi connectivity index (χ0n) is 14.7. The highest BCUT2D eigenvalue weighted by atomic mass is 16.5. The summed E-state index contributed by atoms with van der Waals surface area (Å²) >= 11 is 0. The van der Waals surface area contributed by atoms with Crippen LogP contribution >= 0.6 is 0 Å². The molecule has 5 heteroatoms. The summed E-state index contributed by atoms with van der Waals surface area (Å²) < 4.78 is 7.71. The van der Waals surface area contributed by atoms with Crippen molar-refractivity contribution < 1.29 is 4.74 Å². The van der Waals surface area contributed by atoms with Crippen LogP contribution in [0.3, 0.4) is 0 Å². The maximum atomic E-state index is 12.6. The van der Waals surface area contributed by atoms with Crippen LogP contribution in [-0.4, -0.2) is 21.1 Å². The number of pyridine rings is 1. The monoisotopic (exact) mass is 337 g/mol. The van der Waals surface area contributed by atoms with E-state index in [1.165, 1.54) is 5.69 Å². The average Bonchev–Trinajstić information content (AvgIpc) is 3.04. The van der Waals surface area contributed by atoms with Crippen LogP contribution in [-0.2, 0) is 13.0 Å². The van der Waals surface area contributed by atoms with Crippen molar-refractivity contribution in [3.05, 3.63) is 70.7 Å². The predicted molar refractivity (Wildman–Crippen MR) is 99.0 cm³/mol. The first kappa shape index (κ1) is 17.0. The van der Waals surface area contributed by atoms with Crippen LogP contribution in [0.2, 0.25) is 0 Å². The zero-order chi connectivity index (χ0) is 17.6. The van der Waals surface area contributed by atoms with Crippen LogP contribution in [0.1, 0.15) is 31.7 Å². The highest BCUT2D eigenvalue weighted by molar-refractivity contribution is 5.69. The van der Waals surface area contributed by atoms with Gasteiger partial charge in [-0.25, -0.2) is 4.98 Å². The van der Waals surface area contributed by atoms with Crippen molar-refractivity contribution in [2.24, 2.45) is 0 Å². The molecule has 5 nitrogen and oxygen atoms in total. The summed E-state index contributed by atoms with van der Waals surface area (Å²) in [5.41, 5.74) is 3.35. The van der Waals surface area contributed by atoms with Crippen molar-refractivity contribution in [2.75, 3.05) is 6.61 Å². The number of rotatable bonds is 7.